The SMILES string of the molecule is Cc1nn(C)c(C)c1CNC(=O)CCc1cccnc1. The number of amides is 1. The number of carbonyl (C=O) groups excluding carboxylic acids is 1. The van der Waals surface area contributed by atoms with Gasteiger partial charge in [-0.2, -0.15) is 5.10 Å². The van der Waals surface area contributed by atoms with E-state index in [-0.39, 0.29) is 5.91 Å². The fourth-order valence-electron chi connectivity index (χ4n) is 2.15. The highest BCUT2D eigenvalue weighted by Gasteiger charge is 2.10. The molecule has 0 bridgehead atoms. The van der Waals surface area contributed by atoms with Crippen molar-refractivity contribution in [2.24, 2.45) is 7.05 Å². The summed E-state index contributed by atoms with van der Waals surface area (Å²) in [6.45, 7) is 4.51. The van der Waals surface area contributed by atoms with Crippen molar-refractivity contribution in [3.8, 4) is 0 Å². The molecule has 0 aliphatic heterocycles. The topological polar surface area (TPSA) is 59.8 Å². The number of nitrogens with zero attached hydrogens (tertiary/aromatic N) is 3. The van der Waals surface area contributed by atoms with Gasteiger partial charge in [0, 0.05) is 43.7 Å². The minimum atomic E-state index is 0.0523. The first-order valence-electron chi connectivity index (χ1n) is 6.72. The van der Waals surface area contributed by atoms with Crippen molar-refractivity contribution < 1.29 is 4.79 Å². The van der Waals surface area contributed by atoms with E-state index >= 15 is 0 Å². The lowest BCUT2D eigenvalue weighted by Crippen LogP contribution is -2.23. The van der Waals surface area contributed by atoms with E-state index in [4.69, 9.17) is 0 Å². The highest BCUT2D eigenvalue weighted by atomic mass is 16.1. The zero-order chi connectivity index (χ0) is 14.5. The molecule has 1 N–H and O–H groups in total. The zero-order valence-electron chi connectivity index (χ0n) is 12.2. The molecule has 2 rings (SSSR count). The first kappa shape index (κ1) is 14.2. The highest BCUT2D eigenvalue weighted by Crippen LogP contribution is 2.11. The van der Waals surface area contributed by atoms with Crippen molar-refractivity contribution in [2.45, 2.75) is 33.2 Å². The molecule has 0 aliphatic carbocycles. The molecule has 5 heteroatoms. The Kier molecular flexibility index (Phi) is 4.50. The van der Waals surface area contributed by atoms with E-state index in [0.717, 1.165) is 22.5 Å². The minimum absolute atomic E-state index is 0.0523. The maximum absolute atomic E-state index is 11.9. The number of hydrogen-bond donors (Lipinski definition) is 1. The molecule has 0 unspecified atom stereocenters. The van der Waals surface area contributed by atoms with Crippen LogP contribution in [0.3, 0.4) is 0 Å². The number of aromatic nitrogens is 3. The van der Waals surface area contributed by atoms with Crippen LogP contribution in [0.15, 0.2) is 24.5 Å². The van der Waals surface area contributed by atoms with Gasteiger partial charge >= 0.3 is 0 Å². The van der Waals surface area contributed by atoms with Gasteiger partial charge in [0.15, 0.2) is 0 Å². The molecule has 1 amide bonds. The van der Waals surface area contributed by atoms with Crippen molar-refractivity contribution >= 4 is 5.91 Å². The molecule has 20 heavy (non-hydrogen) atoms. The second-order valence-corrected chi connectivity index (χ2v) is 4.91. The average molecular weight is 272 g/mol. The van der Waals surface area contributed by atoms with Crippen molar-refractivity contribution in [3.05, 3.63) is 47.0 Å². The van der Waals surface area contributed by atoms with Crippen LogP contribution in [0.4, 0.5) is 0 Å². The van der Waals surface area contributed by atoms with Crippen LogP contribution in [-0.4, -0.2) is 20.7 Å². The van der Waals surface area contributed by atoms with Crippen molar-refractivity contribution in [1.29, 1.82) is 0 Å². The van der Waals surface area contributed by atoms with Crippen molar-refractivity contribution in [3.63, 3.8) is 0 Å². The molecule has 0 spiro atoms. The molecule has 2 aromatic rings. The molecule has 0 fully saturated rings. The second-order valence-electron chi connectivity index (χ2n) is 4.91. The summed E-state index contributed by atoms with van der Waals surface area (Å²) >= 11 is 0. The lowest BCUT2D eigenvalue weighted by atomic mass is 10.1. The molecular formula is C15H20N4O. The van der Waals surface area contributed by atoms with Crippen molar-refractivity contribution in [1.82, 2.24) is 20.1 Å². The number of carbonyl (C=O) groups is 1. The zero-order valence-corrected chi connectivity index (χ0v) is 12.2. The van der Waals surface area contributed by atoms with Gasteiger partial charge in [0.2, 0.25) is 5.91 Å². The third-order valence-corrected chi connectivity index (χ3v) is 3.48. The molecule has 0 aliphatic rings. The molecule has 0 aromatic carbocycles. The lowest BCUT2D eigenvalue weighted by molar-refractivity contribution is -0.121. The normalized spacial score (nSPS) is 10.6. The van der Waals surface area contributed by atoms with E-state index in [1.165, 1.54) is 0 Å². The molecule has 0 saturated heterocycles. The molecule has 0 saturated carbocycles. The monoisotopic (exact) mass is 272 g/mol. The maximum atomic E-state index is 11.9. The average Bonchev–Trinajstić information content (AvgIpc) is 2.69. The van der Waals surface area contributed by atoms with Gasteiger partial charge < -0.3 is 5.32 Å². The molecule has 2 heterocycles. The predicted molar refractivity (Wildman–Crippen MR) is 77.1 cm³/mol. The van der Waals surface area contributed by atoms with Gasteiger partial charge in [-0.15, -0.1) is 0 Å². The molecule has 0 radical (unpaired) electrons. The van der Waals surface area contributed by atoms with E-state index in [0.29, 0.717) is 19.4 Å². The maximum Gasteiger partial charge on any atom is 0.220 e. The van der Waals surface area contributed by atoms with Crippen LogP contribution < -0.4 is 5.32 Å². The van der Waals surface area contributed by atoms with Crippen LogP contribution in [0.25, 0.3) is 0 Å². The van der Waals surface area contributed by atoms with E-state index in [1.54, 1.807) is 12.4 Å². The van der Waals surface area contributed by atoms with Gasteiger partial charge in [-0.3, -0.25) is 14.5 Å². The smallest absolute Gasteiger partial charge is 0.220 e. The van der Waals surface area contributed by atoms with E-state index in [2.05, 4.69) is 15.4 Å². The lowest BCUT2D eigenvalue weighted by Gasteiger charge is -2.06. The predicted octanol–water partition coefficient (Wildman–Crippen LogP) is 1.68. The summed E-state index contributed by atoms with van der Waals surface area (Å²) in [6.07, 6.45) is 4.72. The summed E-state index contributed by atoms with van der Waals surface area (Å²) in [4.78, 5) is 15.9. The first-order valence-corrected chi connectivity index (χ1v) is 6.72. The fourth-order valence-corrected chi connectivity index (χ4v) is 2.15. The van der Waals surface area contributed by atoms with Gasteiger partial charge in [0.1, 0.15) is 0 Å². The second kappa shape index (κ2) is 6.32. The minimum Gasteiger partial charge on any atom is -0.352 e. The Morgan fingerprint density at radius 1 is 1.40 bits per heavy atom. The summed E-state index contributed by atoms with van der Waals surface area (Å²) < 4.78 is 1.84. The summed E-state index contributed by atoms with van der Waals surface area (Å²) in [5.41, 5.74) is 4.24. The molecule has 2 aromatic heterocycles. The van der Waals surface area contributed by atoms with E-state index in [9.17, 15) is 4.79 Å². The Morgan fingerprint density at radius 3 is 2.80 bits per heavy atom. The molecule has 0 atom stereocenters. The van der Waals surface area contributed by atoms with Crippen LogP contribution in [0, 0.1) is 13.8 Å². The van der Waals surface area contributed by atoms with Crippen LogP contribution >= 0.6 is 0 Å². The third-order valence-electron chi connectivity index (χ3n) is 3.48. The standard InChI is InChI=1S/C15H20N4O/c1-11-14(12(2)19(3)18-11)10-17-15(20)7-6-13-5-4-8-16-9-13/h4-5,8-9H,6-7,10H2,1-3H3,(H,17,20). The molecule has 5 nitrogen and oxygen atoms in total. The quantitative estimate of drug-likeness (QED) is 0.901. The first-order chi connectivity index (χ1) is 9.58. The van der Waals surface area contributed by atoms with Gasteiger partial charge in [-0.1, -0.05) is 6.07 Å². The molecular weight excluding hydrogens is 252 g/mol. The van der Waals surface area contributed by atoms with Gasteiger partial charge in [0.05, 0.1) is 5.69 Å². The summed E-state index contributed by atoms with van der Waals surface area (Å²) in [6, 6.07) is 3.87. The number of nitrogens with one attached hydrogen (secondary N) is 1. The Balaban J connectivity index is 1.83. The van der Waals surface area contributed by atoms with Gasteiger partial charge in [-0.05, 0) is 31.9 Å². The highest BCUT2D eigenvalue weighted by molar-refractivity contribution is 5.76. The van der Waals surface area contributed by atoms with Crippen LogP contribution in [-0.2, 0) is 24.8 Å². The van der Waals surface area contributed by atoms with Gasteiger partial charge in [-0.25, -0.2) is 0 Å². The van der Waals surface area contributed by atoms with Crippen molar-refractivity contribution in [2.75, 3.05) is 0 Å². The Morgan fingerprint density at radius 2 is 2.20 bits per heavy atom. The van der Waals surface area contributed by atoms with Crippen LogP contribution in [0.2, 0.25) is 0 Å². The number of hydrogen-bond acceptors (Lipinski definition) is 3. The number of rotatable bonds is 5. The van der Waals surface area contributed by atoms with Crippen LogP contribution in [0.5, 0.6) is 0 Å². The summed E-state index contributed by atoms with van der Waals surface area (Å²) in [5.74, 6) is 0.0523. The number of aryl methyl sites for hydroxylation is 3. The van der Waals surface area contributed by atoms with E-state index < -0.39 is 0 Å². The number of pyridine rings is 1. The van der Waals surface area contributed by atoms with Crippen LogP contribution in [0.1, 0.15) is 28.9 Å². The van der Waals surface area contributed by atoms with E-state index in [1.807, 2.05) is 37.7 Å². The summed E-state index contributed by atoms with van der Waals surface area (Å²) in [7, 11) is 1.91. The Labute approximate surface area is 119 Å². The summed E-state index contributed by atoms with van der Waals surface area (Å²) in [5, 5.41) is 7.29. The Bertz CT molecular complexity index is 589. The fraction of sp³-hybridized carbons (Fsp3) is 0.400. The third kappa shape index (κ3) is 3.44. The Hall–Kier alpha value is -2.17. The van der Waals surface area contributed by atoms with Gasteiger partial charge in [0.25, 0.3) is 0 Å². The molecule has 106 valence electrons. The largest absolute Gasteiger partial charge is 0.352 e.